The summed E-state index contributed by atoms with van der Waals surface area (Å²) in [5.74, 6) is 5.73. The minimum atomic E-state index is -0.148. The fourth-order valence-electron chi connectivity index (χ4n) is 1.08. The summed E-state index contributed by atoms with van der Waals surface area (Å²) in [5, 5.41) is 7.38. The van der Waals surface area contributed by atoms with Gasteiger partial charge in [0.15, 0.2) is 0 Å². The average Bonchev–Trinajstić information content (AvgIpc) is 2.72. The summed E-state index contributed by atoms with van der Waals surface area (Å²) >= 11 is 1.57. The molecule has 1 rings (SSSR count). The Bertz CT molecular complexity index is 403. The van der Waals surface area contributed by atoms with Crippen molar-refractivity contribution < 1.29 is 4.79 Å². The number of urea groups is 1. The molecule has 0 unspecified atom stereocenters. The van der Waals surface area contributed by atoms with Crippen molar-refractivity contribution in [1.82, 2.24) is 10.6 Å². The Morgan fingerprint density at radius 1 is 1.56 bits per heavy atom. The lowest BCUT2D eigenvalue weighted by molar-refractivity contribution is 0.241. The Labute approximate surface area is 99.2 Å². The zero-order chi connectivity index (χ0) is 11.8. The van der Waals surface area contributed by atoms with Crippen LogP contribution in [0.4, 0.5) is 4.79 Å². The second-order valence-corrected chi connectivity index (χ2v) is 4.02. The molecule has 0 fully saturated rings. The maximum absolute atomic E-state index is 11.1. The van der Waals surface area contributed by atoms with Crippen LogP contribution < -0.4 is 16.4 Å². The molecular weight excluding hydrogens is 222 g/mol. The van der Waals surface area contributed by atoms with Crippen molar-refractivity contribution in [3.8, 4) is 11.8 Å². The van der Waals surface area contributed by atoms with Gasteiger partial charge in [-0.2, -0.15) is 0 Å². The van der Waals surface area contributed by atoms with Crippen molar-refractivity contribution in [3.63, 3.8) is 0 Å². The summed E-state index contributed by atoms with van der Waals surface area (Å²) < 4.78 is 0. The van der Waals surface area contributed by atoms with E-state index < -0.39 is 0 Å². The summed E-state index contributed by atoms with van der Waals surface area (Å²) in [5.41, 5.74) is 6.23. The predicted octanol–water partition coefficient (Wildman–Crippen LogP) is 0.877. The van der Waals surface area contributed by atoms with Gasteiger partial charge in [0.25, 0.3) is 0 Å². The lowest BCUT2D eigenvalue weighted by atomic mass is 10.3. The van der Waals surface area contributed by atoms with Crippen LogP contribution in [0.1, 0.15) is 17.4 Å². The molecule has 86 valence electrons. The molecule has 0 aliphatic carbocycles. The number of carbonyl (C=O) groups is 1. The highest BCUT2D eigenvalue weighted by atomic mass is 32.1. The molecule has 4 nitrogen and oxygen atoms in total. The number of hydrogen-bond donors (Lipinski definition) is 3. The summed E-state index contributed by atoms with van der Waals surface area (Å²) in [6, 6.07) is 1.81. The number of thiophene rings is 1. The number of nitrogens with two attached hydrogens (primary N) is 1. The van der Waals surface area contributed by atoms with Gasteiger partial charge in [-0.05, 0) is 13.0 Å². The van der Waals surface area contributed by atoms with Gasteiger partial charge < -0.3 is 16.4 Å². The minimum Gasteiger partial charge on any atom is -0.338 e. The lowest BCUT2D eigenvalue weighted by Gasteiger charge is -2.03. The largest absolute Gasteiger partial charge is 0.338 e. The van der Waals surface area contributed by atoms with E-state index in [-0.39, 0.29) is 6.03 Å². The fraction of sp³-hybridized carbons (Fsp3) is 0.364. The highest BCUT2D eigenvalue weighted by molar-refractivity contribution is 7.10. The van der Waals surface area contributed by atoms with E-state index in [2.05, 4.69) is 22.5 Å². The summed E-state index contributed by atoms with van der Waals surface area (Å²) in [6.45, 7) is 3.40. The predicted molar refractivity (Wildman–Crippen MR) is 66.2 cm³/mol. The first kappa shape index (κ1) is 12.6. The second-order valence-electron chi connectivity index (χ2n) is 3.02. The monoisotopic (exact) mass is 237 g/mol. The van der Waals surface area contributed by atoms with Crippen molar-refractivity contribution in [2.24, 2.45) is 5.73 Å². The van der Waals surface area contributed by atoms with E-state index in [9.17, 15) is 4.79 Å². The molecule has 0 bridgehead atoms. The Balaban J connectivity index is 2.43. The molecule has 0 spiro atoms. The molecule has 1 heterocycles. The van der Waals surface area contributed by atoms with E-state index in [0.29, 0.717) is 19.6 Å². The number of hydrogen-bond acceptors (Lipinski definition) is 3. The van der Waals surface area contributed by atoms with Crippen molar-refractivity contribution in [2.75, 3.05) is 13.1 Å². The van der Waals surface area contributed by atoms with Crippen LogP contribution in [0.15, 0.2) is 11.4 Å². The first-order valence-electron chi connectivity index (χ1n) is 5.04. The van der Waals surface area contributed by atoms with Gasteiger partial charge in [0.05, 0.1) is 13.1 Å². The van der Waals surface area contributed by atoms with Gasteiger partial charge in [-0.3, -0.25) is 0 Å². The molecule has 0 atom stereocenters. The molecule has 1 aromatic rings. The molecule has 0 radical (unpaired) electrons. The topological polar surface area (TPSA) is 67.2 Å². The SMILES string of the molecule is CCNC(=O)NCc1cc(C#CCN)cs1. The molecule has 0 aromatic carbocycles. The highest BCUT2D eigenvalue weighted by Crippen LogP contribution is 2.13. The van der Waals surface area contributed by atoms with Gasteiger partial charge in [0.2, 0.25) is 0 Å². The minimum absolute atomic E-state index is 0.148. The lowest BCUT2D eigenvalue weighted by Crippen LogP contribution is -2.34. The standard InChI is InChI=1S/C11H15N3OS/c1-2-13-11(15)14-7-10-6-9(8-16-10)4-3-5-12/h6,8H,2,5,7,12H2,1H3,(H2,13,14,15). The van der Waals surface area contributed by atoms with E-state index in [1.54, 1.807) is 11.3 Å². The first-order chi connectivity index (χ1) is 7.76. The average molecular weight is 237 g/mol. The Morgan fingerprint density at radius 3 is 3.06 bits per heavy atom. The molecular formula is C11H15N3OS. The van der Waals surface area contributed by atoms with Crippen LogP contribution in [0.25, 0.3) is 0 Å². The maximum Gasteiger partial charge on any atom is 0.315 e. The normalized spacial score (nSPS) is 9.12. The van der Waals surface area contributed by atoms with Gasteiger partial charge in [-0.1, -0.05) is 11.8 Å². The van der Waals surface area contributed by atoms with E-state index in [0.717, 1.165) is 10.4 Å². The van der Waals surface area contributed by atoms with Crippen molar-refractivity contribution in [3.05, 3.63) is 21.9 Å². The van der Waals surface area contributed by atoms with Crippen LogP contribution in [-0.2, 0) is 6.54 Å². The van der Waals surface area contributed by atoms with Crippen molar-refractivity contribution in [2.45, 2.75) is 13.5 Å². The second kappa shape index (κ2) is 6.88. The highest BCUT2D eigenvalue weighted by Gasteiger charge is 2.00. The van der Waals surface area contributed by atoms with Gasteiger partial charge in [0, 0.05) is 22.4 Å². The first-order valence-corrected chi connectivity index (χ1v) is 5.92. The van der Waals surface area contributed by atoms with Crippen molar-refractivity contribution in [1.29, 1.82) is 0 Å². The van der Waals surface area contributed by atoms with Crippen LogP contribution in [0.3, 0.4) is 0 Å². The zero-order valence-corrected chi connectivity index (χ0v) is 9.99. The molecule has 0 saturated carbocycles. The van der Waals surface area contributed by atoms with E-state index in [1.807, 2.05) is 18.4 Å². The number of carbonyl (C=O) groups excluding carboxylic acids is 1. The molecule has 4 N–H and O–H groups in total. The molecule has 0 saturated heterocycles. The van der Waals surface area contributed by atoms with Crippen LogP contribution in [0, 0.1) is 11.8 Å². The van der Waals surface area contributed by atoms with E-state index >= 15 is 0 Å². The van der Waals surface area contributed by atoms with Crippen molar-refractivity contribution >= 4 is 17.4 Å². The third kappa shape index (κ3) is 4.34. The Kier molecular flexibility index (Phi) is 5.40. The van der Waals surface area contributed by atoms with Gasteiger partial charge >= 0.3 is 6.03 Å². The third-order valence-corrected chi connectivity index (χ3v) is 2.69. The number of nitrogens with one attached hydrogen (secondary N) is 2. The zero-order valence-electron chi connectivity index (χ0n) is 9.17. The molecule has 16 heavy (non-hydrogen) atoms. The van der Waals surface area contributed by atoms with Gasteiger partial charge in [-0.25, -0.2) is 4.79 Å². The summed E-state index contributed by atoms with van der Waals surface area (Å²) in [4.78, 5) is 12.2. The maximum atomic E-state index is 11.1. The Hall–Kier alpha value is -1.51. The van der Waals surface area contributed by atoms with Crippen LogP contribution in [-0.4, -0.2) is 19.1 Å². The van der Waals surface area contributed by atoms with E-state index in [1.165, 1.54) is 0 Å². The number of amides is 2. The Morgan fingerprint density at radius 2 is 2.38 bits per heavy atom. The van der Waals surface area contributed by atoms with E-state index in [4.69, 9.17) is 5.73 Å². The molecule has 0 aliphatic rings. The molecule has 2 amide bonds. The van der Waals surface area contributed by atoms with Crippen LogP contribution >= 0.6 is 11.3 Å². The quantitative estimate of drug-likeness (QED) is 0.683. The molecule has 1 aromatic heterocycles. The van der Waals surface area contributed by atoms with Gasteiger partial charge in [-0.15, -0.1) is 11.3 Å². The molecule has 0 aliphatic heterocycles. The number of rotatable bonds is 3. The smallest absolute Gasteiger partial charge is 0.315 e. The van der Waals surface area contributed by atoms with Crippen LogP contribution in [0.2, 0.25) is 0 Å². The summed E-state index contributed by atoms with van der Waals surface area (Å²) in [7, 11) is 0. The van der Waals surface area contributed by atoms with Crippen LogP contribution in [0.5, 0.6) is 0 Å². The third-order valence-electron chi connectivity index (χ3n) is 1.75. The summed E-state index contributed by atoms with van der Waals surface area (Å²) in [6.07, 6.45) is 0. The van der Waals surface area contributed by atoms with Gasteiger partial charge in [0.1, 0.15) is 0 Å². The molecule has 5 heteroatoms. The fourth-order valence-corrected chi connectivity index (χ4v) is 1.84.